The van der Waals surface area contributed by atoms with Gasteiger partial charge in [0.25, 0.3) is 5.91 Å². The summed E-state index contributed by atoms with van der Waals surface area (Å²) >= 11 is 0. The standard InChI is InChI=1S/C17H22N4O/c1-13-9-18-8-7-16(13)20-17(22)15-10-19-21(12-15)11-14-5-3-2-4-6-14/h2-6,10,12-13,16,18H,7-9,11H2,1H3,(H,20,22)/t13-,16-/m0/s1. The summed E-state index contributed by atoms with van der Waals surface area (Å²) < 4.78 is 1.80. The fourth-order valence-corrected chi connectivity index (χ4v) is 2.82. The molecule has 0 radical (unpaired) electrons. The highest BCUT2D eigenvalue weighted by Crippen LogP contribution is 2.11. The van der Waals surface area contributed by atoms with Crippen LogP contribution >= 0.6 is 0 Å². The molecule has 1 amide bonds. The maximum atomic E-state index is 12.3. The molecule has 2 heterocycles. The molecular formula is C17H22N4O. The first kappa shape index (κ1) is 14.8. The van der Waals surface area contributed by atoms with Gasteiger partial charge in [-0.3, -0.25) is 9.48 Å². The van der Waals surface area contributed by atoms with Crippen LogP contribution in [-0.2, 0) is 6.54 Å². The minimum Gasteiger partial charge on any atom is -0.349 e. The van der Waals surface area contributed by atoms with Gasteiger partial charge in [-0.2, -0.15) is 5.10 Å². The molecule has 2 N–H and O–H groups in total. The van der Waals surface area contributed by atoms with Crippen molar-refractivity contribution in [3.05, 3.63) is 53.9 Å². The molecule has 5 heteroatoms. The summed E-state index contributed by atoms with van der Waals surface area (Å²) in [6.45, 7) is 4.76. The summed E-state index contributed by atoms with van der Waals surface area (Å²) in [5.41, 5.74) is 1.80. The van der Waals surface area contributed by atoms with Crippen molar-refractivity contribution in [1.82, 2.24) is 20.4 Å². The Morgan fingerprint density at radius 3 is 3.00 bits per heavy atom. The molecule has 22 heavy (non-hydrogen) atoms. The van der Waals surface area contributed by atoms with Gasteiger partial charge < -0.3 is 10.6 Å². The molecular weight excluding hydrogens is 276 g/mol. The monoisotopic (exact) mass is 298 g/mol. The third kappa shape index (κ3) is 3.54. The maximum absolute atomic E-state index is 12.3. The van der Waals surface area contributed by atoms with Crippen LogP contribution in [0.3, 0.4) is 0 Å². The minimum absolute atomic E-state index is 0.0296. The SMILES string of the molecule is C[C@H]1CNCC[C@@H]1NC(=O)c1cnn(Cc2ccccc2)c1. The molecule has 1 aromatic heterocycles. The number of hydrogen-bond acceptors (Lipinski definition) is 3. The van der Waals surface area contributed by atoms with Crippen LogP contribution in [0, 0.1) is 5.92 Å². The quantitative estimate of drug-likeness (QED) is 0.902. The van der Waals surface area contributed by atoms with Crippen molar-refractivity contribution >= 4 is 5.91 Å². The molecule has 5 nitrogen and oxygen atoms in total. The first-order valence-corrected chi connectivity index (χ1v) is 7.80. The summed E-state index contributed by atoms with van der Waals surface area (Å²) in [6, 6.07) is 10.4. The molecule has 1 aromatic carbocycles. The first-order valence-electron chi connectivity index (χ1n) is 7.80. The van der Waals surface area contributed by atoms with Crippen molar-refractivity contribution < 1.29 is 4.79 Å². The first-order chi connectivity index (χ1) is 10.7. The van der Waals surface area contributed by atoms with Crippen molar-refractivity contribution in [1.29, 1.82) is 0 Å². The molecule has 3 rings (SSSR count). The average Bonchev–Trinajstić information content (AvgIpc) is 2.99. The topological polar surface area (TPSA) is 58.9 Å². The van der Waals surface area contributed by atoms with Crippen LogP contribution in [0.2, 0.25) is 0 Å². The van der Waals surface area contributed by atoms with E-state index in [9.17, 15) is 4.79 Å². The third-order valence-corrected chi connectivity index (χ3v) is 4.18. The van der Waals surface area contributed by atoms with Crippen molar-refractivity contribution in [3.8, 4) is 0 Å². The normalized spacial score (nSPS) is 21.5. The van der Waals surface area contributed by atoms with E-state index in [4.69, 9.17) is 0 Å². The smallest absolute Gasteiger partial charge is 0.254 e. The van der Waals surface area contributed by atoms with E-state index >= 15 is 0 Å². The number of benzene rings is 1. The highest BCUT2D eigenvalue weighted by atomic mass is 16.1. The van der Waals surface area contributed by atoms with Crippen LogP contribution < -0.4 is 10.6 Å². The number of amides is 1. The Morgan fingerprint density at radius 1 is 1.41 bits per heavy atom. The number of aromatic nitrogens is 2. The van der Waals surface area contributed by atoms with Gasteiger partial charge in [0.2, 0.25) is 0 Å². The average molecular weight is 298 g/mol. The van der Waals surface area contributed by atoms with Gasteiger partial charge >= 0.3 is 0 Å². The van der Waals surface area contributed by atoms with Crippen LogP contribution in [-0.4, -0.2) is 34.8 Å². The Hall–Kier alpha value is -2.14. The predicted molar refractivity (Wildman–Crippen MR) is 85.7 cm³/mol. The van der Waals surface area contributed by atoms with Gasteiger partial charge in [-0.1, -0.05) is 37.3 Å². The molecule has 0 bridgehead atoms. The molecule has 0 spiro atoms. The van der Waals surface area contributed by atoms with Crippen LogP contribution in [0.15, 0.2) is 42.7 Å². The summed E-state index contributed by atoms with van der Waals surface area (Å²) in [6.07, 6.45) is 4.43. The van der Waals surface area contributed by atoms with E-state index in [0.29, 0.717) is 18.0 Å². The Morgan fingerprint density at radius 2 is 2.23 bits per heavy atom. The minimum atomic E-state index is -0.0296. The number of carbonyl (C=O) groups excluding carboxylic acids is 1. The van der Waals surface area contributed by atoms with E-state index in [0.717, 1.165) is 19.5 Å². The van der Waals surface area contributed by atoms with Crippen LogP contribution in [0.1, 0.15) is 29.3 Å². The number of nitrogens with zero attached hydrogens (tertiary/aromatic N) is 2. The highest BCUT2D eigenvalue weighted by Gasteiger charge is 2.23. The number of nitrogens with one attached hydrogen (secondary N) is 2. The number of piperidine rings is 1. The lowest BCUT2D eigenvalue weighted by molar-refractivity contribution is 0.0914. The zero-order chi connectivity index (χ0) is 15.4. The van der Waals surface area contributed by atoms with Gasteiger partial charge in [-0.25, -0.2) is 0 Å². The van der Waals surface area contributed by atoms with Crippen molar-refractivity contribution in [2.45, 2.75) is 25.9 Å². The molecule has 1 aliphatic rings. The molecule has 0 saturated carbocycles. The van der Waals surface area contributed by atoms with E-state index < -0.39 is 0 Å². The molecule has 0 unspecified atom stereocenters. The van der Waals surface area contributed by atoms with Crippen LogP contribution in [0.4, 0.5) is 0 Å². The van der Waals surface area contributed by atoms with E-state index in [1.54, 1.807) is 10.9 Å². The second-order valence-electron chi connectivity index (χ2n) is 5.96. The lowest BCUT2D eigenvalue weighted by Gasteiger charge is -2.30. The fourth-order valence-electron chi connectivity index (χ4n) is 2.82. The van der Waals surface area contributed by atoms with Crippen LogP contribution in [0.5, 0.6) is 0 Å². The lowest BCUT2D eigenvalue weighted by atomic mass is 9.95. The summed E-state index contributed by atoms with van der Waals surface area (Å²) in [5.74, 6) is 0.426. The predicted octanol–water partition coefficient (Wildman–Crippen LogP) is 1.66. The zero-order valence-electron chi connectivity index (χ0n) is 12.8. The number of hydrogen-bond donors (Lipinski definition) is 2. The molecule has 0 aliphatic carbocycles. The molecule has 2 atom stereocenters. The molecule has 1 aliphatic heterocycles. The highest BCUT2D eigenvalue weighted by molar-refractivity contribution is 5.93. The molecule has 116 valence electrons. The van der Waals surface area contributed by atoms with Gasteiger partial charge in [0.1, 0.15) is 0 Å². The third-order valence-electron chi connectivity index (χ3n) is 4.18. The Bertz CT molecular complexity index is 623. The summed E-state index contributed by atoms with van der Waals surface area (Å²) in [4.78, 5) is 12.3. The number of carbonyl (C=O) groups is 1. The van der Waals surface area contributed by atoms with Gasteiger partial charge in [0.15, 0.2) is 0 Å². The molecule has 2 aromatic rings. The van der Waals surface area contributed by atoms with Crippen LogP contribution in [0.25, 0.3) is 0 Å². The van der Waals surface area contributed by atoms with Gasteiger partial charge in [-0.05, 0) is 31.0 Å². The second kappa shape index (κ2) is 6.75. The van der Waals surface area contributed by atoms with Crippen molar-refractivity contribution in [3.63, 3.8) is 0 Å². The number of rotatable bonds is 4. The zero-order valence-corrected chi connectivity index (χ0v) is 12.8. The van der Waals surface area contributed by atoms with Crippen molar-refractivity contribution in [2.24, 2.45) is 5.92 Å². The van der Waals surface area contributed by atoms with Crippen molar-refractivity contribution in [2.75, 3.05) is 13.1 Å². The van der Waals surface area contributed by atoms with Gasteiger partial charge in [-0.15, -0.1) is 0 Å². The van der Waals surface area contributed by atoms with E-state index in [-0.39, 0.29) is 11.9 Å². The molecule has 1 saturated heterocycles. The second-order valence-corrected chi connectivity index (χ2v) is 5.96. The largest absolute Gasteiger partial charge is 0.349 e. The van der Waals surface area contributed by atoms with Gasteiger partial charge in [0, 0.05) is 12.2 Å². The maximum Gasteiger partial charge on any atom is 0.254 e. The Labute approximate surface area is 130 Å². The summed E-state index contributed by atoms with van der Waals surface area (Å²) in [7, 11) is 0. The molecule has 1 fully saturated rings. The van der Waals surface area contributed by atoms with Gasteiger partial charge in [0.05, 0.1) is 18.3 Å². The van der Waals surface area contributed by atoms with E-state index in [1.165, 1.54) is 5.56 Å². The summed E-state index contributed by atoms with van der Waals surface area (Å²) in [5, 5.41) is 10.8. The van der Waals surface area contributed by atoms with E-state index in [2.05, 4.69) is 34.8 Å². The fraction of sp³-hybridized carbons (Fsp3) is 0.412. The Kier molecular flexibility index (Phi) is 4.53. The Balaban J connectivity index is 1.61. The lowest BCUT2D eigenvalue weighted by Crippen LogP contribution is -2.48. The van der Waals surface area contributed by atoms with E-state index in [1.807, 2.05) is 24.4 Å².